The van der Waals surface area contributed by atoms with Gasteiger partial charge in [-0.25, -0.2) is 0 Å². The van der Waals surface area contributed by atoms with Crippen LogP contribution in [0.25, 0.3) is 0 Å². The van der Waals surface area contributed by atoms with Gasteiger partial charge in [0.05, 0.1) is 0 Å². The lowest BCUT2D eigenvalue weighted by atomic mass is 9.90. The summed E-state index contributed by atoms with van der Waals surface area (Å²) < 4.78 is 0. The van der Waals surface area contributed by atoms with Gasteiger partial charge in [-0.1, -0.05) is 37.6 Å². The molecule has 3 heteroatoms. The van der Waals surface area contributed by atoms with Gasteiger partial charge in [0.25, 0.3) is 0 Å². The molecule has 0 aliphatic heterocycles. The number of hydrogen-bond donors (Lipinski definition) is 1. The molecule has 0 aromatic heterocycles. The third kappa shape index (κ3) is 3.98. The van der Waals surface area contributed by atoms with Gasteiger partial charge in [0.15, 0.2) is 0 Å². The number of nitrogens with zero attached hydrogens (tertiary/aromatic N) is 1. The predicted molar refractivity (Wildman–Crippen MR) is 80.2 cm³/mol. The molecule has 102 valence electrons. The molecule has 0 radical (unpaired) electrons. The van der Waals surface area contributed by atoms with Gasteiger partial charge >= 0.3 is 0 Å². The monoisotopic (exact) mass is 268 g/mol. The van der Waals surface area contributed by atoms with Crippen molar-refractivity contribution >= 4 is 11.6 Å². The zero-order chi connectivity index (χ0) is 13.6. The maximum absolute atomic E-state index is 6.02. The van der Waals surface area contributed by atoms with Crippen molar-refractivity contribution < 1.29 is 0 Å². The molecule has 0 spiro atoms. The van der Waals surface area contributed by atoms with E-state index < -0.39 is 0 Å². The molecule has 0 fully saturated rings. The Kier molecular flexibility index (Phi) is 6.13. The number of nitrogens with two attached hydrogens (primary N) is 1. The second-order valence-corrected chi connectivity index (χ2v) is 5.52. The third-order valence-electron chi connectivity index (χ3n) is 3.58. The lowest BCUT2D eigenvalue weighted by Gasteiger charge is -2.40. The molecule has 18 heavy (non-hydrogen) atoms. The third-order valence-corrected chi connectivity index (χ3v) is 3.83. The molecule has 0 saturated carbocycles. The molecule has 0 aliphatic rings. The summed E-state index contributed by atoms with van der Waals surface area (Å²) in [4.78, 5) is 2.47. The van der Waals surface area contributed by atoms with E-state index in [9.17, 15) is 0 Å². The molecule has 0 amide bonds. The second kappa shape index (κ2) is 7.13. The largest absolute Gasteiger partial charge is 0.329 e. The van der Waals surface area contributed by atoms with E-state index in [4.69, 9.17) is 17.3 Å². The molecule has 0 heterocycles. The van der Waals surface area contributed by atoms with Crippen LogP contribution in [-0.2, 0) is 6.42 Å². The van der Waals surface area contributed by atoms with Crippen LogP contribution in [0.1, 0.15) is 32.8 Å². The van der Waals surface area contributed by atoms with E-state index >= 15 is 0 Å². The fraction of sp³-hybridized carbons (Fsp3) is 0.600. The maximum atomic E-state index is 6.02. The number of likely N-dealkylation sites (N-methyl/N-ethyl adjacent to an activating group) is 1. The van der Waals surface area contributed by atoms with Crippen LogP contribution in [0, 0.1) is 0 Å². The van der Waals surface area contributed by atoms with Gasteiger partial charge in [0.2, 0.25) is 0 Å². The topological polar surface area (TPSA) is 29.3 Å². The Morgan fingerprint density at radius 3 is 2.28 bits per heavy atom. The zero-order valence-corrected chi connectivity index (χ0v) is 12.5. The molecule has 0 aliphatic carbocycles. The SMILES string of the molecule is CCCN(CC)C(C)(CN)Cc1ccc(Cl)cc1. The minimum atomic E-state index is 0.0264. The molecule has 1 unspecified atom stereocenters. The van der Waals surface area contributed by atoms with Crippen LogP contribution in [0.3, 0.4) is 0 Å². The van der Waals surface area contributed by atoms with Crippen molar-refractivity contribution in [1.82, 2.24) is 4.90 Å². The van der Waals surface area contributed by atoms with Gasteiger partial charge in [0.1, 0.15) is 0 Å². The molecule has 1 aromatic carbocycles. The molecular formula is C15H25ClN2. The molecule has 1 atom stereocenters. The molecule has 1 rings (SSSR count). The van der Waals surface area contributed by atoms with Crippen molar-refractivity contribution in [1.29, 1.82) is 0 Å². The molecule has 1 aromatic rings. The van der Waals surface area contributed by atoms with Crippen LogP contribution in [0.2, 0.25) is 5.02 Å². The molecule has 0 bridgehead atoms. The summed E-state index contributed by atoms with van der Waals surface area (Å²) >= 11 is 5.92. The summed E-state index contributed by atoms with van der Waals surface area (Å²) in [5, 5.41) is 0.786. The number of hydrogen-bond acceptors (Lipinski definition) is 2. The first kappa shape index (κ1) is 15.5. The van der Waals surface area contributed by atoms with Gasteiger partial charge < -0.3 is 5.73 Å². The summed E-state index contributed by atoms with van der Waals surface area (Å²) in [5.74, 6) is 0. The highest BCUT2D eigenvalue weighted by Gasteiger charge is 2.29. The van der Waals surface area contributed by atoms with Crippen LogP contribution in [0.5, 0.6) is 0 Å². The lowest BCUT2D eigenvalue weighted by molar-refractivity contribution is 0.117. The Hall–Kier alpha value is -0.570. The Bertz CT molecular complexity index is 350. The van der Waals surface area contributed by atoms with Crippen LogP contribution in [0.15, 0.2) is 24.3 Å². The van der Waals surface area contributed by atoms with Crippen molar-refractivity contribution in [2.24, 2.45) is 5.73 Å². The quantitative estimate of drug-likeness (QED) is 0.822. The van der Waals surface area contributed by atoms with E-state index in [1.807, 2.05) is 12.1 Å². The van der Waals surface area contributed by atoms with Crippen molar-refractivity contribution in [3.63, 3.8) is 0 Å². The van der Waals surface area contributed by atoms with Crippen LogP contribution < -0.4 is 5.73 Å². The standard InChI is InChI=1S/C15H25ClN2/c1-4-10-18(5-2)15(3,12-17)11-13-6-8-14(16)9-7-13/h6-9H,4-5,10-12,17H2,1-3H3. The van der Waals surface area contributed by atoms with E-state index in [0.717, 1.165) is 31.0 Å². The maximum Gasteiger partial charge on any atom is 0.0406 e. The van der Waals surface area contributed by atoms with Gasteiger partial charge in [-0.2, -0.15) is 0 Å². The summed E-state index contributed by atoms with van der Waals surface area (Å²) in [6.45, 7) is 9.46. The minimum Gasteiger partial charge on any atom is -0.329 e. The highest BCUT2D eigenvalue weighted by Crippen LogP contribution is 2.21. The van der Waals surface area contributed by atoms with Crippen LogP contribution in [-0.4, -0.2) is 30.1 Å². The first-order valence-corrected chi connectivity index (χ1v) is 7.13. The van der Waals surface area contributed by atoms with E-state index in [0.29, 0.717) is 6.54 Å². The van der Waals surface area contributed by atoms with Crippen LogP contribution >= 0.6 is 11.6 Å². The predicted octanol–water partition coefficient (Wildman–Crippen LogP) is 3.33. The molecule has 2 nitrogen and oxygen atoms in total. The summed E-state index contributed by atoms with van der Waals surface area (Å²) in [6, 6.07) is 8.08. The Balaban J connectivity index is 2.83. The molecular weight excluding hydrogens is 244 g/mol. The number of rotatable bonds is 7. The van der Waals surface area contributed by atoms with Gasteiger partial charge in [0, 0.05) is 17.1 Å². The smallest absolute Gasteiger partial charge is 0.0406 e. The van der Waals surface area contributed by atoms with Crippen molar-refractivity contribution in [3.8, 4) is 0 Å². The van der Waals surface area contributed by atoms with E-state index in [1.54, 1.807) is 0 Å². The fourth-order valence-electron chi connectivity index (χ4n) is 2.43. The summed E-state index contributed by atoms with van der Waals surface area (Å²) in [7, 11) is 0. The Morgan fingerprint density at radius 1 is 1.22 bits per heavy atom. The molecule has 0 saturated heterocycles. The van der Waals surface area contributed by atoms with Gasteiger partial charge in [-0.15, -0.1) is 0 Å². The van der Waals surface area contributed by atoms with E-state index in [1.165, 1.54) is 5.56 Å². The highest BCUT2D eigenvalue weighted by atomic mass is 35.5. The number of benzene rings is 1. The Labute approximate surface area is 116 Å². The zero-order valence-electron chi connectivity index (χ0n) is 11.7. The normalized spacial score (nSPS) is 14.8. The summed E-state index contributed by atoms with van der Waals surface area (Å²) in [6.07, 6.45) is 2.12. The highest BCUT2D eigenvalue weighted by molar-refractivity contribution is 6.30. The first-order chi connectivity index (χ1) is 8.55. The van der Waals surface area contributed by atoms with Gasteiger partial charge in [-0.3, -0.25) is 4.90 Å². The number of halogens is 1. The fourth-order valence-corrected chi connectivity index (χ4v) is 2.56. The second-order valence-electron chi connectivity index (χ2n) is 5.08. The van der Waals surface area contributed by atoms with E-state index in [-0.39, 0.29) is 5.54 Å². The van der Waals surface area contributed by atoms with Crippen LogP contribution in [0.4, 0.5) is 0 Å². The minimum absolute atomic E-state index is 0.0264. The Morgan fingerprint density at radius 2 is 1.83 bits per heavy atom. The van der Waals surface area contributed by atoms with E-state index in [2.05, 4.69) is 37.8 Å². The van der Waals surface area contributed by atoms with Crippen molar-refractivity contribution in [3.05, 3.63) is 34.9 Å². The summed E-state index contributed by atoms with van der Waals surface area (Å²) in [5.41, 5.74) is 7.34. The van der Waals surface area contributed by atoms with Gasteiger partial charge in [-0.05, 0) is 50.6 Å². The van der Waals surface area contributed by atoms with Crippen molar-refractivity contribution in [2.75, 3.05) is 19.6 Å². The average Bonchev–Trinajstić information content (AvgIpc) is 2.38. The lowest BCUT2D eigenvalue weighted by Crippen LogP contribution is -2.53. The average molecular weight is 269 g/mol. The first-order valence-electron chi connectivity index (χ1n) is 6.75. The van der Waals surface area contributed by atoms with Crippen molar-refractivity contribution in [2.45, 2.75) is 39.2 Å². The molecule has 2 N–H and O–H groups in total.